The number of aromatic nitrogens is 1. The lowest BCUT2D eigenvalue weighted by molar-refractivity contribution is -0.143. The van der Waals surface area contributed by atoms with Gasteiger partial charge in [-0.05, 0) is 53.9 Å². The molecule has 2 aliphatic rings. The molecule has 2 aliphatic heterocycles. The highest BCUT2D eigenvalue weighted by Crippen LogP contribution is 2.37. The summed E-state index contributed by atoms with van der Waals surface area (Å²) in [4.78, 5) is 23.8. The molecule has 5 rings (SSSR count). The van der Waals surface area contributed by atoms with Crippen LogP contribution in [-0.2, 0) is 31.7 Å². The van der Waals surface area contributed by atoms with Crippen molar-refractivity contribution in [3.8, 4) is 5.75 Å². The topological polar surface area (TPSA) is 48.9 Å². The number of alkyl halides is 6. The van der Waals surface area contributed by atoms with Gasteiger partial charge in [-0.1, -0.05) is 12.1 Å². The van der Waals surface area contributed by atoms with Crippen molar-refractivity contribution < 1.29 is 40.3 Å². The van der Waals surface area contributed by atoms with Crippen LogP contribution in [0.25, 0.3) is 0 Å². The second-order valence-corrected chi connectivity index (χ2v) is 11.1. The van der Waals surface area contributed by atoms with Crippen LogP contribution in [0.15, 0.2) is 54.7 Å². The zero-order valence-corrected chi connectivity index (χ0v) is 27.6. The summed E-state index contributed by atoms with van der Waals surface area (Å²) < 4.78 is 100. The summed E-state index contributed by atoms with van der Waals surface area (Å²) in [6, 6.07) is 8.47. The van der Waals surface area contributed by atoms with Crippen LogP contribution in [0.2, 0.25) is 0 Å². The fourth-order valence-corrected chi connectivity index (χ4v) is 5.81. The van der Waals surface area contributed by atoms with Gasteiger partial charge in [-0.2, -0.15) is 26.3 Å². The summed E-state index contributed by atoms with van der Waals surface area (Å²) in [5.41, 5.74) is -0.943. The van der Waals surface area contributed by atoms with Gasteiger partial charge in [-0.25, -0.2) is 4.39 Å². The second-order valence-electron chi connectivity index (χ2n) is 11.1. The van der Waals surface area contributed by atoms with Gasteiger partial charge in [-0.15, -0.1) is 37.2 Å². The number of carbonyl (C=O) groups is 1. The highest BCUT2D eigenvalue weighted by molar-refractivity contribution is 5.95. The van der Waals surface area contributed by atoms with Crippen LogP contribution in [-0.4, -0.2) is 78.0 Å². The summed E-state index contributed by atoms with van der Waals surface area (Å²) >= 11 is 0. The van der Waals surface area contributed by atoms with Crippen molar-refractivity contribution in [1.82, 2.24) is 19.7 Å². The minimum absolute atomic E-state index is 0. The molecule has 1 saturated heterocycles. The average molecular weight is 734 g/mol. The van der Waals surface area contributed by atoms with Gasteiger partial charge in [0.1, 0.15) is 0 Å². The molecular weight excluding hydrogens is 700 g/mol. The van der Waals surface area contributed by atoms with Crippen molar-refractivity contribution in [2.45, 2.75) is 37.8 Å². The SMILES string of the molecule is COc1cc(C[C@@H]2CN(CCN3CCc4ncccc4C3)CCN2C(=O)c2cc(C(F)(F)F)cc(C(F)(F)F)c2)ccc1F.Cl.Cl.Cl. The molecule has 1 atom stereocenters. The third-order valence-corrected chi connectivity index (χ3v) is 8.12. The van der Waals surface area contributed by atoms with Gasteiger partial charge in [-0.3, -0.25) is 19.6 Å². The van der Waals surface area contributed by atoms with Crippen LogP contribution in [0.3, 0.4) is 0 Å². The first-order valence-electron chi connectivity index (χ1n) is 14.1. The maximum absolute atomic E-state index is 14.1. The minimum Gasteiger partial charge on any atom is -0.494 e. The zero-order valence-electron chi connectivity index (χ0n) is 25.1. The molecule has 0 aliphatic carbocycles. The van der Waals surface area contributed by atoms with Gasteiger partial charge in [0, 0.05) is 75.7 Å². The molecule has 16 heteroatoms. The lowest BCUT2D eigenvalue weighted by atomic mass is 9.98. The number of piperazine rings is 1. The van der Waals surface area contributed by atoms with E-state index >= 15 is 0 Å². The van der Waals surface area contributed by atoms with Crippen molar-refractivity contribution in [1.29, 1.82) is 0 Å². The molecule has 1 fully saturated rings. The van der Waals surface area contributed by atoms with Gasteiger partial charge in [0.25, 0.3) is 5.91 Å². The number of benzene rings is 2. The smallest absolute Gasteiger partial charge is 0.416 e. The summed E-state index contributed by atoms with van der Waals surface area (Å²) in [6.45, 7) is 3.74. The van der Waals surface area contributed by atoms with Gasteiger partial charge < -0.3 is 9.64 Å². The lowest BCUT2D eigenvalue weighted by Gasteiger charge is -2.42. The summed E-state index contributed by atoms with van der Waals surface area (Å²) in [7, 11) is 1.31. The van der Waals surface area contributed by atoms with E-state index in [-0.39, 0.29) is 62.0 Å². The maximum Gasteiger partial charge on any atom is 0.416 e. The molecule has 1 amide bonds. The Balaban J connectivity index is 0.00000256. The number of amides is 1. The second kappa shape index (κ2) is 16.5. The molecule has 3 heterocycles. The lowest BCUT2D eigenvalue weighted by Crippen LogP contribution is -2.57. The van der Waals surface area contributed by atoms with E-state index in [0.29, 0.717) is 37.3 Å². The predicted molar refractivity (Wildman–Crippen MR) is 169 cm³/mol. The number of fused-ring (bicyclic) bond motifs is 1. The Morgan fingerprint density at radius 3 is 2.19 bits per heavy atom. The highest BCUT2D eigenvalue weighted by Gasteiger charge is 2.39. The monoisotopic (exact) mass is 732 g/mol. The van der Waals surface area contributed by atoms with Crippen molar-refractivity contribution >= 4 is 43.1 Å². The fourth-order valence-electron chi connectivity index (χ4n) is 5.81. The van der Waals surface area contributed by atoms with E-state index in [1.165, 1.54) is 30.2 Å². The van der Waals surface area contributed by atoms with Crippen molar-refractivity contribution in [2.75, 3.05) is 46.4 Å². The minimum atomic E-state index is -5.08. The molecule has 0 spiro atoms. The molecule has 0 N–H and O–H groups in total. The third-order valence-electron chi connectivity index (χ3n) is 8.12. The number of hydrogen-bond acceptors (Lipinski definition) is 5. The largest absolute Gasteiger partial charge is 0.494 e. The Labute approximate surface area is 286 Å². The first kappa shape index (κ1) is 40.3. The quantitative estimate of drug-likeness (QED) is 0.246. The van der Waals surface area contributed by atoms with Crippen molar-refractivity contribution in [2.24, 2.45) is 0 Å². The predicted octanol–water partition coefficient (Wildman–Crippen LogP) is 6.96. The molecular formula is C31H34Cl3F7N4O2. The number of rotatable bonds is 7. The van der Waals surface area contributed by atoms with E-state index in [4.69, 9.17) is 4.74 Å². The average Bonchev–Trinajstić information content (AvgIpc) is 2.99. The van der Waals surface area contributed by atoms with Crippen LogP contribution in [0, 0.1) is 5.82 Å². The van der Waals surface area contributed by atoms with Crippen LogP contribution in [0.5, 0.6) is 5.75 Å². The molecule has 47 heavy (non-hydrogen) atoms. The Hall–Kier alpha value is -2.84. The van der Waals surface area contributed by atoms with E-state index < -0.39 is 46.8 Å². The maximum atomic E-state index is 14.1. The number of ether oxygens (including phenoxy) is 1. The number of carbonyl (C=O) groups excluding carboxylic acids is 1. The number of halogens is 10. The molecule has 260 valence electrons. The molecule has 2 aromatic carbocycles. The van der Waals surface area contributed by atoms with E-state index in [0.717, 1.165) is 37.3 Å². The molecule has 0 radical (unpaired) electrons. The first-order valence-corrected chi connectivity index (χ1v) is 14.1. The third kappa shape index (κ3) is 9.85. The summed E-state index contributed by atoms with van der Waals surface area (Å²) in [6.07, 6.45) is -7.37. The Bertz CT molecular complexity index is 1480. The number of pyridine rings is 1. The van der Waals surface area contributed by atoms with E-state index in [1.54, 1.807) is 6.20 Å². The fraction of sp³-hybridized carbons (Fsp3) is 0.419. The molecule has 0 bridgehead atoms. The Morgan fingerprint density at radius 2 is 1.55 bits per heavy atom. The van der Waals surface area contributed by atoms with E-state index in [9.17, 15) is 35.5 Å². The van der Waals surface area contributed by atoms with E-state index in [1.807, 2.05) is 12.1 Å². The van der Waals surface area contributed by atoms with Crippen LogP contribution in [0.1, 0.15) is 38.3 Å². The summed E-state index contributed by atoms with van der Waals surface area (Å²) in [5, 5.41) is 0. The highest BCUT2D eigenvalue weighted by atomic mass is 35.5. The molecule has 0 unspecified atom stereocenters. The number of nitrogens with zero attached hydrogens (tertiary/aromatic N) is 4. The zero-order chi connectivity index (χ0) is 31.6. The summed E-state index contributed by atoms with van der Waals surface area (Å²) in [5.74, 6) is -1.53. The Kier molecular flexibility index (Phi) is 14.2. The number of hydrogen-bond donors (Lipinski definition) is 0. The van der Waals surface area contributed by atoms with Gasteiger partial charge >= 0.3 is 12.4 Å². The van der Waals surface area contributed by atoms with Crippen LogP contribution >= 0.6 is 37.2 Å². The molecule has 6 nitrogen and oxygen atoms in total. The Morgan fingerprint density at radius 1 is 0.894 bits per heavy atom. The molecule has 0 saturated carbocycles. The molecule has 1 aromatic heterocycles. The number of methoxy groups -OCH3 is 1. The van der Waals surface area contributed by atoms with Crippen LogP contribution in [0.4, 0.5) is 30.7 Å². The van der Waals surface area contributed by atoms with Crippen LogP contribution < -0.4 is 4.74 Å². The van der Waals surface area contributed by atoms with Crippen molar-refractivity contribution in [3.63, 3.8) is 0 Å². The van der Waals surface area contributed by atoms with Gasteiger partial charge in [0.2, 0.25) is 0 Å². The normalized spacial score (nSPS) is 17.1. The standard InChI is InChI=1S/C31H31F7N4O2.3ClH/c1-44-28-14-20(4-5-26(28)32)13-25-19-41(10-9-40-8-6-27-21(18-40)3-2-7-39-27)11-12-42(25)29(43)22-15-23(30(33,34)35)17-24(16-22)31(36,37)38;;;/h2-5,7,14-17,25H,6,8-13,18-19H2,1H3;3*1H/t25-;;;/m1.../s1. The van der Waals surface area contributed by atoms with Gasteiger partial charge in [0.15, 0.2) is 11.6 Å². The molecule has 3 aromatic rings. The van der Waals surface area contributed by atoms with Crippen molar-refractivity contribution in [3.05, 3.63) is 94.1 Å². The van der Waals surface area contributed by atoms with E-state index in [2.05, 4.69) is 14.8 Å². The first-order chi connectivity index (χ1) is 20.8. The van der Waals surface area contributed by atoms with Gasteiger partial charge in [0.05, 0.1) is 18.2 Å².